The summed E-state index contributed by atoms with van der Waals surface area (Å²) in [6.45, 7) is 3.50. The molecule has 2 atom stereocenters. The molecule has 2 unspecified atom stereocenters. The van der Waals surface area contributed by atoms with Gasteiger partial charge in [-0.05, 0) is 18.8 Å². The van der Waals surface area contributed by atoms with E-state index in [9.17, 15) is 8.42 Å². The van der Waals surface area contributed by atoms with E-state index in [0.717, 1.165) is 12.5 Å². The highest BCUT2D eigenvalue weighted by Gasteiger charge is 2.17. The molecule has 5 heteroatoms. The van der Waals surface area contributed by atoms with Gasteiger partial charge in [-0.3, -0.25) is 0 Å². The second kappa shape index (κ2) is 5.82. The van der Waals surface area contributed by atoms with E-state index in [2.05, 4.69) is 17.0 Å². The summed E-state index contributed by atoms with van der Waals surface area (Å²) in [5, 5.41) is 3.40. The fraction of sp³-hybridized carbons (Fsp3) is 1.00. The zero-order valence-electron chi connectivity index (χ0n) is 9.62. The number of rotatable bonds is 5. The average molecular weight is 234 g/mol. The Labute approximate surface area is 92.9 Å². The third kappa shape index (κ3) is 6.12. The van der Waals surface area contributed by atoms with Crippen LogP contribution < -0.4 is 10.0 Å². The minimum absolute atomic E-state index is 0.490. The third-order valence-corrected chi connectivity index (χ3v) is 3.59. The van der Waals surface area contributed by atoms with Crippen molar-refractivity contribution in [1.29, 1.82) is 0 Å². The largest absolute Gasteiger partial charge is 0.313 e. The normalized spacial score (nSPS) is 27.9. The van der Waals surface area contributed by atoms with Gasteiger partial charge in [-0.1, -0.05) is 19.8 Å². The van der Waals surface area contributed by atoms with Crippen molar-refractivity contribution < 1.29 is 8.42 Å². The monoisotopic (exact) mass is 234 g/mol. The van der Waals surface area contributed by atoms with Gasteiger partial charge in [0.05, 0.1) is 6.26 Å². The number of nitrogens with one attached hydrogen (secondary N) is 2. The van der Waals surface area contributed by atoms with Crippen molar-refractivity contribution >= 4 is 10.0 Å². The predicted molar refractivity (Wildman–Crippen MR) is 62.3 cm³/mol. The summed E-state index contributed by atoms with van der Waals surface area (Å²) in [5.41, 5.74) is 0. The Morgan fingerprint density at radius 2 is 2.00 bits per heavy atom. The molecule has 0 aromatic heterocycles. The van der Waals surface area contributed by atoms with Gasteiger partial charge in [0.2, 0.25) is 10.0 Å². The lowest BCUT2D eigenvalue weighted by atomic mass is 9.87. The molecule has 0 aliphatic heterocycles. The zero-order valence-corrected chi connectivity index (χ0v) is 10.4. The number of sulfonamides is 1. The summed E-state index contributed by atoms with van der Waals surface area (Å²) in [5.74, 6) is 0.805. The third-order valence-electron chi connectivity index (χ3n) is 2.86. The molecule has 0 aromatic carbocycles. The Kier molecular flexibility index (Phi) is 5.02. The van der Waals surface area contributed by atoms with Gasteiger partial charge in [0.15, 0.2) is 0 Å². The molecule has 15 heavy (non-hydrogen) atoms. The summed E-state index contributed by atoms with van der Waals surface area (Å²) in [6, 6.07) is 0.579. The van der Waals surface area contributed by atoms with Crippen LogP contribution in [0, 0.1) is 5.92 Å². The Balaban J connectivity index is 2.09. The first-order valence-electron chi connectivity index (χ1n) is 5.65. The van der Waals surface area contributed by atoms with Crippen molar-refractivity contribution in [2.75, 3.05) is 19.3 Å². The van der Waals surface area contributed by atoms with E-state index in [1.807, 2.05) is 0 Å². The smallest absolute Gasteiger partial charge is 0.208 e. The van der Waals surface area contributed by atoms with Gasteiger partial charge in [0.25, 0.3) is 0 Å². The van der Waals surface area contributed by atoms with Crippen LogP contribution in [0.1, 0.15) is 32.6 Å². The van der Waals surface area contributed by atoms with Crippen LogP contribution in [0.5, 0.6) is 0 Å². The molecule has 0 aromatic rings. The fourth-order valence-corrected chi connectivity index (χ4v) is 2.61. The van der Waals surface area contributed by atoms with Crippen molar-refractivity contribution in [3.8, 4) is 0 Å². The fourth-order valence-electron chi connectivity index (χ4n) is 2.13. The summed E-state index contributed by atoms with van der Waals surface area (Å²) >= 11 is 0. The van der Waals surface area contributed by atoms with Gasteiger partial charge < -0.3 is 5.32 Å². The molecular weight excluding hydrogens is 212 g/mol. The lowest BCUT2D eigenvalue weighted by Gasteiger charge is -2.27. The first-order chi connectivity index (χ1) is 6.97. The molecule has 0 saturated heterocycles. The lowest BCUT2D eigenvalue weighted by Crippen LogP contribution is -2.38. The highest BCUT2D eigenvalue weighted by molar-refractivity contribution is 7.88. The van der Waals surface area contributed by atoms with Crippen molar-refractivity contribution in [2.45, 2.75) is 38.6 Å². The minimum atomic E-state index is -3.03. The summed E-state index contributed by atoms with van der Waals surface area (Å²) in [4.78, 5) is 0. The van der Waals surface area contributed by atoms with Gasteiger partial charge in [-0.2, -0.15) is 0 Å². The van der Waals surface area contributed by atoms with E-state index in [0.29, 0.717) is 12.6 Å². The average Bonchev–Trinajstić information content (AvgIpc) is 2.11. The van der Waals surface area contributed by atoms with Gasteiger partial charge >= 0.3 is 0 Å². The molecule has 90 valence electrons. The Morgan fingerprint density at radius 1 is 1.27 bits per heavy atom. The highest BCUT2D eigenvalue weighted by atomic mass is 32.2. The molecule has 1 fully saturated rings. The molecule has 0 spiro atoms. The molecular formula is C10H22N2O2S. The van der Waals surface area contributed by atoms with Crippen LogP contribution in [0.25, 0.3) is 0 Å². The standard InChI is InChI=1S/C10H22N2O2S/c1-9-4-3-5-10(8-9)11-6-7-12-15(2,13)14/h9-12H,3-8H2,1-2H3. The first-order valence-corrected chi connectivity index (χ1v) is 7.54. The molecule has 0 heterocycles. The molecule has 1 aliphatic rings. The van der Waals surface area contributed by atoms with Crippen LogP contribution in [0.3, 0.4) is 0 Å². The summed E-state index contributed by atoms with van der Waals surface area (Å²) in [6.07, 6.45) is 6.26. The van der Waals surface area contributed by atoms with Crippen molar-refractivity contribution in [3.05, 3.63) is 0 Å². The first kappa shape index (κ1) is 12.9. The molecule has 0 bridgehead atoms. The topological polar surface area (TPSA) is 58.2 Å². The Hall–Kier alpha value is -0.130. The van der Waals surface area contributed by atoms with E-state index >= 15 is 0 Å². The van der Waals surface area contributed by atoms with Gasteiger partial charge in [-0.25, -0.2) is 13.1 Å². The maximum Gasteiger partial charge on any atom is 0.208 e. The second-order valence-corrected chi connectivity index (χ2v) is 6.42. The van der Waals surface area contributed by atoms with Crippen molar-refractivity contribution in [1.82, 2.24) is 10.0 Å². The van der Waals surface area contributed by atoms with Gasteiger partial charge in [0, 0.05) is 19.1 Å². The SMILES string of the molecule is CC1CCCC(NCCNS(C)(=O)=O)C1. The quantitative estimate of drug-likeness (QED) is 0.689. The molecule has 1 rings (SSSR count). The van der Waals surface area contributed by atoms with Crippen molar-refractivity contribution in [2.24, 2.45) is 5.92 Å². The highest BCUT2D eigenvalue weighted by Crippen LogP contribution is 2.23. The van der Waals surface area contributed by atoms with Crippen LogP contribution >= 0.6 is 0 Å². The van der Waals surface area contributed by atoms with Crippen molar-refractivity contribution in [3.63, 3.8) is 0 Å². The lowest BCUT2D eigenvalue weighted by molar-refractivity contribution is 0.303. The van der Waals surface area contributed by atoms with Crippen LogP contribution in [0.15, 0.2) is 0 Å². The van der Waals surface area contributed by atoms with E-state index in [4.69, 9.17) is 0 Å². The Bertz CT molecular complexity index is 277. The van der Waals surface area contributed by atoms with Crippen LogP contribution in [0.2, 0.25) is 0 Å². The van der Waals surface area contributed by atoms with Crippen LogP contribution in [0.4, 0.5) is 0 Å². The maximum atomic E-state index is 10.8. The number of hydrogen-bond acceptors (Lipinski definition) is 3. The summed E-state index contributed by atoms with van der Waals surface area (Å²) < 4.78 is 24.1. The number of hydrogen-bond donors (Lipinski definition) is 2. The van der Waals surface area contributed by atoms with Crippen LogP contribution in [-0.2, 0) is 10.0 Å². The molecule has 1 saturated carbocycles. The van der Waals surface area contributed by atoms with E-state index in [1.165, 1.54) is 31.9 Å². The minimum Gasteiger partial charge on any atom is -0.313 e. The van der Waals surface area contributed by atoms with E-state index in [-0.39, 0.29) is 0 Å². The van der Waals surface area contributed by atoms with Crippen LogP contribution in [-0.4, -0.2) is 33.8 Å². The molecule has 0 radical (unpaired) electrons. The predicted octanol–water partition coefficient (Wildman–Crippen LogP) is 0.704. The van der Waals surface area contributed by atoms with Gasteiger partial charge in [0.1, 0.15) is 0 Å². The molecule has 4 nitrogen and oxygen atoms in total. The summed E-state index contributed by atoms with van der Waals surface area (Å²) in [7, 11) is -3.03. The molecule has 2 N–H and O–H groups in total. The maximum absolute atomic E-state index is 10.8. The Morgan fingerprint density at radius 3 is 2.60 bits per heavy atom. The molecule has 1 aliphatic carbocycles. The zero-order chi connectivity index (χ0) is 11.3. The molecule has 0 amide bonds. The second-order valence-electron chi connectivity index (χ2n) is 4.59. The van der Waals surface area contributed by atoms with E-state index in [1.54, 1.807) is 0 Å². The van der Waals surface area contributed by atoms with Gasteiger partial charge in [-0.15, -0.1) is 0 Å². The van der Waals surface area contributed by atoms with E-state index < -0.39 is 10.0 Å².